The molecule has 2 rings (SSSR count). The van der Waals surface area contributed by atoms with Crippen molar-refractivity contribution in [3.8, 4) is 5.75 Å². The summed E-state index contributed by atoms with van der Waals surface area (Å²) in [5.41, 5.74) is 4.03. The molecule has 0 saturated heterocycles. The fraction of sp³-hybridized carbons (Fsp3) is 0.231. The van der Waals surface area contributed by atoms with E-state index < -0.39 is 0 Å². The lowest BCUT2D eigenvalue weighted by Crippen LogP contribution is -2.00. The van der Waals surface area contributed by atoms with E-state index in [1.54, 1.807) is 11.3 Å². The zero-order chi connectivity index (χ0) is 12.4. The van der Waals surface area contributed by atoms with Crippen LogP contribution in [0.2, 0.25) is 0 Å². The fourth-order valence-corrected chi connectivity index (χ4v) is 2.87. The topological polar surface area (TPSA) is 32.3 Å². The Labute approximate surface area is 113 Å². The van der Waals surface area contributed by atoms with Gasteiger partial charge in [-0.05, 0) is 58.4 Å². The third kappa shape index (κ3) is 2.82. The van der Waals surface area contributed by atoms with Crippen molar-refractivity contribution in [2.45, 2.75) is 20.4 Å². The third-order valence-electron chi connectivity index (χ3n) is 2.74. The molecule has 0 unspecified atom stereocenters. The molecule has 2 nitrogen and oxygen atoms in total. The number of halogens is 1. The summed E-state index contributed by atoms with van der Waals surface area (Å²) in [4.78, 5) is 0. The lowest BCUT2D eigenvalue weighted by Gasteiger charge is -2.11. The normalized spacial score (nSPS) is 10.5. The van der Waals surface area contributed by atoms with Gasteiger partial charge in [-0.3, -0.25) is 0 Å². The van der Waals surface area contributed by atoms with Gasteiger partial charge in [0, 0.05) is 17.8 Å². The molecular formula is C13H14BrNOS. The van der Waals surface area contributed by atoms with Gasteiger partial charge in [-0.15, -0.1) is 11.3 Å². The van der Waals surface area contributed by atoms with Crippen LogP contribution in [0.15, 0.2) is 27.4 Å². The van der Waals surface area contributed by atoms with E-state index in [0.29, 0.717) is 5.75 Å². The Bertz CT molecular complexity index is 536. The molecule has 0 aliphatic heterocycles. The summed E-state index contributed by atoms with van der Waals surface area (Å²) in [6.45, 7) is 4.60. The first-order valence-corrected chi connectivity index (χ1v) is 7.01. The summed E-state index contributed by atoms with van der Waals surface area (Å²) in [5, 5.41) is 15.3. The minimum absolute atomic E-state index is 0.376. The molecule has 0 aliphatic carbocycles. The molecule has 2 aromatic rings. The van der Waals surface area contributed by atoms with Gasteiger partial charge < -0.3 is 10.4 Å². The van der Waals surface area contributed by atoms with Crippen LogP contribution in [0.4, 0.5) is 5.69 Å². The van der Waals surface area contributed by atoms with Crippen molar-refractivity contribution in [3.05, 3.63) is 44.1 Å². The number of thiophene rings is 1. The van der Waals surface area contributed by atoms with Gasteiger partial charge in [0.2, 0.25) is 0 Å². The van der Waals surface area contributed by atoms with Gasteiger partial charge in [0.15, 0.2) is 0 Å². The predicted molar refractivity (Wildman–Crippen MR) is 76.9 cm³/mol. The molecule has 1 heterocycles. The minimum Gasteiger partial charge on any atom is -0.507 e. The minimum atomic E-state index is 0.376. The van der Waals surface area contributed by atoms with E-state index in [4.69, 9.17) is 0 Å². The van der Waals surface area contributed by atoms with Gasteiger partial charge in [0.25, 0.3) is 0 Å². The second-order valence-corrected chi connectivity index (χ2v) is 6.31. The lowest BCUT2D eigenvalue weighted by atomic mass is 10.1. The number of phenolic OH excluding ortho intramolecular Hbond substituents is 1. The van der Waals surface area contributed by atoms with E-state index >= 15 is 0 Å². The smallest absolute Gasteiger partial charge is 0.123 e. The molecule has 2 N–H and O–H groups in total. The van der Waals surface area contributed by atoms with Gasteiger partial charge in [-0.1, -0.05) is 6.07 Å². The molecule has 0 amide bonds. The number of aromatic hydroxyl groups is 1. The number of phenols is 1. The highest BCUT2D eigenvalue weighted by atomic mass is 79.9. The van der Waals surface area contributed by atoms with Crippen molar-refractivity contribution >= 4 is 33.0 Å². The van der Waals surface area contributed by atoms with Crippen LogP contribution in [0, 0.1) is 13.8 Å². The van der Waals surface area contributed by atoms with Gasteiger partial charge in [0.1, 0.15) is 5.75 Å². The monoisotopic (exact) mass is 311 g/mol. The Kier molecular flexibility index (Phi) is 3.74. The van der Waals surface area contributed by atoms with Crippen LogP contribution in [0.5, 0.6) is 5.75 Å². The van der Waals surface area contributed by atoms with Gasteiger partial charge in [0.05, 0.1) is 3.79 Å². The van der Waals surface area contributed by atoms with E-state index in [-0.39, 0.29) is 0 Å². The van der Waals surface area contributed by atoms with Gasteiger partial charge >= 0.3 is 0 Å². The van der Waals surface area contributed by atoms with Crippen molar-refractivity contribution in [1.29, 1.82) is 0 Å². The molecule has 17 heavy (non-hydrogen) atoms. The second kappa shape index (κ2) is 5.10. The molecule has 0 aliphatic rings. The molecule has 4 heteroatoms. The van der Waals surface area contributed by atoms with E-state index in [9.17, 15) is 5.11 Å². The third-order valence-corrected chi connectivity index (χ3v) is 4.29. The summed E-state index contributed by atoms with van der Waals surface area (Å²) >= 11 is 5.12. The summed E-state index contributed by atoms with van der Waals surface area (Å²) < 4.78 is 1.14. The molecule has 0 radical (unpaired) electrons. The number of anilines is 1. The molecule has 0 saturated carbocycles. The van der Waals surface area contributed by atoms with Crippen molar-refractivity contribution in [2.75, 3.05) is 5.32 Å². The Hall–Kier alpha value is -1.00. The number of benzene rings is 1. The number of aryl methyl sites for hydroxylation is 1. The number of nitrogens with one attached hydrogen (secondary N) is 1. The van der Waals surface area contributed by atoms with E-state index in [0.717, 1.165) is 27.1 Å². The molecule has 1 aromatic carbocycles. The first kappa shape index (κ1) is 12.5. The van der Waals surface area contributed by atoms with Crippen LogP contribution < -0.4 is 5.32 Å². The van der Waals surface area contributed by atoms with Crippen LogP contribution in [0.25, 0.3) is 0 Å². The average Bonchev–Trinajstić information content (AvgIpc) is 2.71. The number of hydrogen-bond acceptors (Lipinski definition) is 3. The lowest BCUT2D eigenvalue weighted by molar-refractivity contribution is 0.467. The molecule has 0 atom stereocenters. The summed E-state index contributed by atoms with van der Waals surface area (Å²) in [7, 11) is 0. The molecule has 0 bridgehead atoms. The van der Waals surface area contributed by atoms with E-state index in [1.165, 1.54) is 5.56 Å². The average molecular weight is 312 g/mol. The first-order valence-electron chi connectivity index (χ1n) is 5.34. The van der Waals surface area contributed by atoms with Crippen LogP contribution in [-0.4, -0.2) is 5.11 Å². The van der Waals surface area contributed by atoms with Crippen molar-refractivity contribution < 1.29 is 5.11 Å². The van der Waals surface area contributed by atoms with Crippen molar-refractivity contribution in [3.63, 3.8) is 0 Å². The Morgan fingerprint density at radius 2 is 2.12 bits per heavy atom. The van der Waals surface area contributed by atoms with Crippen LogP contribution in [-0.2, 0) is 6.54 Å². The SMILES string of the molecule is Cc1ccc(NCc2csc(Br)c2)c(C)c1O. The zero-order valence-electron chi connectivity index (χ0n) is 9.75. The predicted octanol–water partition coefficient (Wildman–Crippen LogP) is 4.45. The highest BCUT2D eigenvalue weighted by molar-refractivity contribution is 9.11. The summed E-state index contributed by atoms with van der Waals surface area (Å²) in [6.07, 6.45) is 0. The molecule has 1 aromatic heterocycles. The maximum Gasteiger partial charge on any atom is 0.123 e. The standard InChI is InChI=1S/C13H14BrNOS/c1-8-3-4-11(9(2)13(8)16)15-6-10-5-12(14)17-7-10/h3-5,7,15-16H,6H2,1-2H3. The zero-order valence-corrected chi connectivity index (χ0v) is 12.2. The summed E-state index contributed by atoms with van der Waals surface area (Å²) in [5.74, 6) is 0.376. The largest absolute Gasteiger partial charge is 0.507 e. The van der Waals surface area contributed by atoms with Crippen LogP contribution in [0.1, 0.15) is 16.7 Å². The second-order valence-electron chi connectivity index (χ2n) is 4.02. The molecule has 0 spiro atoms. The molecule has 0 fully saturated rings. The van der Waals surface area contributed by atoms with E-state index in [1.807, 2.05) is 26.0 Å². The maximum atomic E-state index is 9.84. The highest BCUT2D eigenvalue weighted by Crippen LogP contribution is 2.29. The van der Waals surface area contributed by atoms with E-state index in [2.05, 4.69) is 32.7 Å². The Balaban J connectivity index is 2.12. The maximum absolute atomic E-state index is 9.84. The fourth-order valence-electron chi connectivity index (χ4n) is 1.66. The molecule has 90 valence electrons. The van der Waals surface area contributed by atoms with Crippen molar-refractivity contribution in [2.24, 2.45) is 0 Å². The van der Waals surface area contributed by atoms with Crippen LogP contribution >= 0.6 is 27.3 Å². The molecular weight excluding hydrogens is 298 g/mol. The van der Waals surface area contributed by atoms with Crippen LogP contribution in [0.3, 0.4) is 0 Å². The summed E-state index contributed by atoms with van der Waals surface area (Å²) in [6, 6.07) is 6.03. The van der Waals surface area contributed by atoms with Gasteiger partial charge in [-0.25, -0.2) is 0 Å². The Morgan fingerprint density at radius 1 is 1.35 bits per heavy atom. The highest BCUT2D eigenvalue weighted by Gasteiger charge is 2.06. The van der Waals surface area contributed by atoms with Gasteiger partial charge in [-0.2, -0.15) is 0 Å². The number of hydrogen-bond donors (Lipinski definition) is 2. The Morgan fingerprint density at radius 3 is 2.76 bits per heavy atom. The number of rotatable bonds is 3. The van der Waals surface area contributed by atoms with Crippen molar-refractivity contribution in [1.82, 2.24) is 0 Å². The quantitative estimate of drug-likeness (QED) is 0.878. The first-order chi connectivity index (χ1) is 8.08.